The summed E-state index contributed by atoms with van der Waals surface area (Å²) in [6.07, 6.45) is 3.03. The van der Waals surface area contributed by atoms with E-state index in [-0.39, 0.29) is 6.03 Å². The fraction of sp³-hybridized carbons (Fsp3) is 0.238. The van der Waals surface area contributed by atoms with Crippen molar-refractivity contribution >= 4 is 23.3 Å². The van der Waals surface area contributed by atoms with Crippen molar-refractivity contribution in [1.29, 1.82) is 0 Å². The van der Waals surface area contributed by atoms with E-state index in [1.54, 1.807) is 11.1 Å². The van der Waals surface area contributed by atoms with Crippen molar-refractivity contribution in [2.75, 3.05) is 31.9 Å². The van der Waals surface area contributed by atoms with Crippen molar-refractivity contribution in [1.82, 2.24) is 19.6 Å². The number of nitrogens with two attached hydrogens (primary N) is 1. The van der Waals surface area contributed by atoms with Crippen molar-refractivity contribution in [3.8, 4) is 11.1 Å². The van der Waals surface area contributed by atoms with Crippen LogP contribution in [0.15, 0.2) is 60.9 Å². The molecule has 0 aliphatic carbocycles. The predicted molar refractivity (Wildman–Crippen MR) is 111 cm³/mol. The van der Waals surface area contributed by atoms with Crippen molar-refractivity contribution < 1.29 is 4.79 Å². The number of anilines is 1. The minimum absolute atomic E-state index is 0.137. The molecule has 1 saturated heterocycles. The molecule has 3 aromatic rings. The summed E-state index contributed by atoms with van der Waals surface area (Å²) in [4.78, 5) is 16.5. The molecule has 7 heteroatoms. The van der Waals surface area contributed by atoms with Gasteiger partial charge in [-0.15, -0.1) is 0 Å². The Labute approximate surface area is 169 Å². The summed E-state index contributed by atoms with van der Waals surface area (Å²) in [7, 11) is 0. The van der Waals surface area contributed by atoms with Crippen LogP contribution in [0.2, 0.25) is 5.02 Å². The highest BCUT2D eigenvalue weighted by Gasteiger charge is 2.23. The zero-order chi connectivity index (χ0) is 19.5. The second-order valence-electron chi connectivity index (χ2n) is 6.94. The summed E-state index contributed by atoms with van der Waals surface area (Å²) in [5.41, 5.74) is 9.49. The molecule has 2 N–H and O–H groups in total. The normalized spacial score (nSPS) is 15.0. The van der Waals surface area contributed by atoms with Crippen LogP contribution in [0.4, 0.5) is 10.5 Å². The molecule has 1 aliphatic rings. The number of piperazine rings is 1. The van der Waals surface area contributed by atoms with Crippen LogP contribution in [-0.2, 0) is 6.54 Å². The zero-order valence-corrected chi connectivity index (χ0v) is 16.2. The molecule has 144 valence electrons. The molecule has 6 nitrogen and oxygen atoms in total. The van der Waals surface area contributed by atoms with Crippen LogP contribution in [0.3, 0.4) is 0 Å². The molecule has 2 aromatic carbocycles. The van der Waals surface area contributed by atoms with Crippen molar-refractivity contribution in [2.45, 2.75) is 6.54 Å². The molecule has 0 bridgehead atoms. The highest BCUT2D eigenvalue weighted by molar-refractivity contribution is 6.31. The zero-order valence-electron chi connectivity index (χ0n) is 15.5. The Balaban J connectivity index is 1.36. The number of hydrogen-bond acceptors (Lipinski definition) is 4. The Morgan fingerprint density at radius 2 is 1.79 bits per heavy atom. The lowest BCUT2D eigenvalue weighted by Gasteiger charge is -2.34. The number of carbonyl (C=O) groups is 1. The summed E-state index contributed by atoms with van der Waals surface area (Å²) < 4.78 is 1.30. The summed E-state index contributed by atoms with van der Waals surface area (Å²) >= 11 is 6.55. The quantitative estimate of drug-likeness (QED) is 0.736. The van der Waals surface area contributed by atoms with Gasteiger partial charge in [0, 0.05) is 37.7 Å². The molecule has 0 spiro atoms. The van der Waals surface area contributed by atoms with E-state index >= 15 is 0 Å². The molecule has 0 saturated carbocycles. The minimum Gasteiger partial charge on any atom is -0.396 e. The third kappa shape index (κ3) is 4.03. The summed E-state index contributed by atoms with van der Waals surface area (Å²) in [5.74, 6) is 0. The molecule has 0 atom stereocenters. The maximum absolute atomic E-state index is 12.4. The van der Waals surface area contributed by atoms with E-state index in [9.17, 15) is 4.79 Å². The van der Waals surface area contributed by atoms with E-state index in [2.05, 4.69) is 34.3 Å². The molecule has 1 aliphatic heterocycles. The SMILES string of the molecule is Nc1cnn(C(=O)N2CCN(Cc3ccc(-c4ccccc4)cc3Cl)CC2)c1. The van der Waals surface area contributed by atoms with E-state index in [4.69, 9.17) is 17.3 Å². The number of carbonyl (C=O) groups excluding carboxylic acids is 1. The molecule has 28 heavy (non-hydrogen) atoms. The summed E-state index contributed by atoms with van der Waals surface area (Å²) in [6.45, 7) is 3.65. The summed E-state index contributed by atoms with van der Waals surface area (Å²) in [5, 5.41) is 4.76. The van der Waals surface area contributed by atoms with Gasteiger partial charge in [-0.3, -0.25) is 4.90 Å². The lowest BCUT2D eigenvalue weighted by Crippen LogP contribution is -2.49. The molecule has 0 unspecified atom stereocenters. The number of hydrogen-bond donors (Lipinski definition) is 1. The van der Waals surface area contributed by atoms with E-state index < -0.39 is 0 Å². The first kappa shape index (κ1) is 18.5. The van der Waals surface area contributed by atoms with Gasteiger partial charge in [0.2, 0.25) is 0 Å². The van der Waals surface area contributed by atoms with Crippen LogP contribution >= 0.6 is 11.6 Å². The van der Waals surface area contributed by atoms with Crippen LogP contribution in [0.5, 0.6) is 0 Å². The van der Waals surface area contributed by atoms with Gasteiger partial charge in [-0.2, -0.15) is 9.78 Å². The molecule has 1 fully saturated rings. The second kappa shape index (κ2) is 8.04. The van der Waals surface area contributed by atoms with E-state index in [1.165, 1.54) is 10.9 Å². The van der Waals surface area contributed by atoms with E-state index in [1.807, 2.05) is 24.3 Å². The van der Waals surface area contributed by atoms with Crippen LogP contribution in [0.1, 0.15) is 5.56 Å². The number of nitrogen functional groups attached to an aromatic ring is 1. The van der Waals surface area contributed by atoms with Crippen LogP contribution in [0, 0.1) is 0 Å². The first-order chi connectivity index (χ1) is 13.6. The average Bonchev–Trinajstić information content (AvgIpc) is 3.16. The minimum atomic E-state index is -0.137. The Bertz CT molecular complexity index is 964. The number of rotatable bonds is 3. The van der Waals surface area contributed by atoms with E-state index in [0.717, 1.165) is 41.3 Å². The molecular weight excluding hydrogens is 374 g/mol. The van der Waals surface area contributed by atoms with Crippen LogP contribution in [-0.4, -0.2) is 51.8 Å². The van der Waals surface area contributed by atoms with Gasteiger partial charge in [0.25, 0.3) is 0 Å². The van der Waals surface area contributed by atoms with Gasteiger partial charge in [0.15, 0.2) is 0 Å². The van der Waals surface area contributed by atoms with Crippen LogP contribution in [0.25, 0.3) is 11.1 Å². The van der Waals surface area contributed by atoms with Crippen LogP contribution < -0.4 is 5.73 Å². The maximum atomic E-state index is 12.4. The number of aromatic nitrogens is 2. The monoisotopic (exact) mass is 395 g/mol. The van der Waals surface area contributed by atoms with Crippen molar-refractivity contribution in [3.63, 3.8) is 0 Å². The molecule has 4 rings (SSSR count). The molecule has 1 amide bonds. The highest BCUT2D eigenvalue weighted by Crippen LogP contribution is 2.26. The Morgan fingerprint density at radius 3 is 2.43 bits per heavy atom. The summed E-state index contributed by atoms with van der Waals surface area (Å²) in [6, 6.07) is 16.3. The Morgan fingerprint density at radius 1 is 1.04 bits per heavy atom. The number of amides is 1. The fourth-order valence-electron chi connectivity index (χ4n) is 3.41. The lowest BCUT2D eigenvalue weighted by molar-refractivity contribution is 0.134. The first-order valence-corrected chi connectivity index (χ1v) is 9.63. The second-order valence-corrected chi connectivity index (χ2v) is 7.34. The van der Waals surface area contributed by atoms with Gasteiger partial charge in [-0.05, 0) is 22.8 Å². The van der Waals surface area contributed by atoms with Gasteiger partial charge >= 0.3 is 6.03 Å². The van der Waals surface area contributed by atoms with Crippen molar-refractivity contribution in [3.05, 3.63) is 71.5 Å². The van der Waals surface area contributed by atoms with Crippen molar-refractivity contribution in [2.24, 2.45) is 0 Å². The average molecular weight is 396 g/mol. The maximum Gasteiger partial charge on any atom is 0.344 e. The number of benzene rings is 2. The molecular formula is C21H22ClN5O. The lowest BCUT2D eigenvalue weighted by atomic mass is 10.0. The van der Waals surface area contributed by atoms with Gasteiger partial charge in [-0.1, -0.05) is 54.1 Å². The topological polar surface area (TPSA) is 67.4 Å². The number of halogens is 1. The predicted octanol–water partition coefficient (Wildman–Crippen LogP) is 3.57. The van der Waals surface area contributed by atoms with Gasteiger partial charge in [0.05, 0.1) is 18.1 Å². The highest BCUT2D eigenvalue weighted by atomic mass is 35.5. The first-order valence-electron chi connectivity index (χ1n) is 9.26. The molecule has 2 heterocycles. The van der Waals surface area contributed by atoms with E-state index in [0.29, 0.717) is 18.8 Å². The number of nitrogens with zero attached hydrogens (tertiary/aromatic N) is 4. The standard InChI is InChI=1S/C21H22ClN5O/c22-20-12-17(16-4-2-1-3-5-16)6-7-18(20)14-25-8-10-26(11-9-25)21(28)27-15-19(23)13-24-27/h1-7,12-13,15H,8-11,14,23H2. The van der Waals surface area contributed by atoms with Gasteiger partial charge in [-0.25, -0.2) is 4.79 Å². The van der Waals surface area contributed by atoms with Gasteiger partial charge in [0.1, 0.15) is 0 Å². The molecule has 1 aromatic heterocycles. The third-order valence-electron chi connectivity index (χ3n) is 5.00. The largest absolute Gasteiger partial charge is 0.396 e. The Hall–Kier alpha value is -2.83. The molecule has 0 radical (unpaired) electrons. The van der Waals surface area contributed by atoms with Gasteiger partial charge < -0.3 is 10.6 Å². The Kier molecular flexibility index (Phi) is 5.32. The fourth-order valence-corrected chi connectivity index (χ4v) is 3.65. The smallest absolute Gasteiger partial charge is 0.344 e. The third-order valence-corrected chi connectivity index (χ3v) is 5.35.